The number of furan rings is 1. The van der Waals surface area contributed by atoms with E-state index in [0.29, 0.717) is 49.3 Å². The number of hydrogen-bond acceptors (Lipinski definition) is 5. The smallest absolute Gasteiger partial charge is 0.322 e. The first-order chi connectivity index (χ1) is 14.6. The molecule has 0 atom stereocenters. The van der Waals surface area contributed by atoms with Crippen LogP contribution in [0.1, 0.15) is 10.6 Å². The van der Waals surface area contributed by atoms with Crippen LogP contribution in [0.4, 0.5) is 14.9 Å². The van der Waals surface area contributed by atoms with Crippen molar-refractivity contribution in [3.63, 3.8) is 0 Å². The van der Waals surface area contributed by atoms with Gasteiger partial charge in [-0.25, -0.2) is 14.2 Å². The third-order valence-electron chi connectivity index (χ3n) is 4.61. The Morgan fingerprint density at radius 3 is 2.37 bits per heavy atom. The first-order valence-corrected chi connectivity index (χ1v) is 9.37. The number of halogens is 1. The second-order valence-electron chi connectivity index (χ2n) is 6.63. The van der Waals surface area contributed by atoms with Gasteiger partial charge in [0.2, 0.25) is 5.88 Å². The summed E-state index contributed by atoms with van der Waals surface area (Å²) in [5, 5.41) is 2.78. The van der Waals surface area contributed by atoms with Crippen LogP contribution >= 0.6 is 0 Å². The number of nitrogens with zero attached hydrogens (tertiary/aromatic N) is 3. The molecule has 1 N–H and O–H groups in total. The van der Waals surface area contributed by atoms with Crippen molar-refractivity contribution in [1.82, 2.24) is 14.8 Å². The summed E-state index contributed by atoms with van der Waals surface area (Å²) in [6, 6.07) is 11.9. The Labute approximate surface area is 171 Å². The van der Waals surface area contributed by atoms with Gasteiger partial charge < -0.3 is 24.3 Å². The number of amides is 3. The standard InChI is InChI=1S/C21H19FN4O4/c22-15-3-6-17(7-4-15)30-19-8-5-16(14-23-19)24-21(28)26-11-9-25(10-12-26)20(27)18-2-1-13-29-18/h1-8,13-14H,9-12H2,(H,24,28). The Balaban J connectivity index is 1.28. The second kappa shape index (κ2) is 8.64. The maximum atomic E-state index is 12.9. The highest BCUT2D eigenvalue weighted by atomic mass is 19.1. The average molecular weight is 410 g/mol. The quantitative estimate of drug-likeness (QED) is 0.710. The molecule has 0 unspecified atom stereocenters. The zero-order valence-electron chi connectivity index (χ0n) is 16.0. The van der Waals surface area contributed by atoms with Crippen molar-refractivity contribution >= 4 is 17.6 Å². The van der Waals surface area contributed by atoms with E-state index in [1.807, 2.05) is 0 Å². The molecule has 30 heavy (non-hydrogen) atoms. The molecule has 1 fully saturated rings. The molecule has 0 spiro atoms. The summed E-state index contributed by atoms with van der Waals surface area (Å²) in [6.45, 7) is 1.68. The lowest BCUT2D eigenvalue weighted by molar-refractivity contribution is 0.0640. The summed E-state index contributed by atoms with van der Waals surface area (Å²) in [4.78, 5) is 32.2. The van der Waals surface area contributed by atoms with Crippen molar-refractivity contribution < 1.29 is 23.1 Å². The molecule has 3 amide bonds. The number of benzene rings is 1. The molecule has 3 aromatic rings. The van der Waals surface area contributed by atoms with E-state index in [-0.39, 0.29) is 17.8 Å². The number of aromatic nitrogens is 1. The minimum absolute atomic E-state index is 0.180. The van der Waals surface area contributed by atoms with Gasteiger partial charge in [-0.05, 0) is 42.5 Å². The van der Waals surface area contributed by atoms with Crippen LogP contribution in [-0.2, 0) is 0 Å². The molecular formula is C21H19FN4O4. The molecule has 1 aromatic carbocycles. The first-order valence-electron chi connectivity index (χ1n) is 9.37. The molecule has 1 aliphatic rings. The van der Waals surface area contributed by atoms with Crippen LogP contribution in [0, 0.1) is 5.82 Å². The zero-order valence-corrected chi connectivity index (χ0v) is 16.0. The molecule has 154 valence electrons. The van der Waals surface area contributed by atoms with Crippen molar-refractivity contribution in [2.45, 2.75) is 0 Å². The Bertz CT molecular complexity index is 999. The van der Waals surface area contributed by atoms with E-state index >= 15 is 0 Å². The zero-order chi connectivity index (χ0) is 20.9. The fourth-order valence-electron chi connectivity index (χ4n) is 3.01. The van der Waals surface area contributed by atoms with Crippen molar-refractivity contribution in [1.29, 1.82) is 0 Å². The maximum Gasteiger partial charge on any atom is 0.322 e. The molecule has 0 bridgehead atoms. The Kier molecular flexibility index (Phi) is 5.60. The lowest BCUT2D eigenvalue weighted by Crippen LogP contribution is -2.51. The van der Waals surface area contributed by atoms with E-state index < -0.39 is 0 Å². The molecule has 8 nitrogen and oxygen atoms in total. The van der Waals surface area contributed by atoms with Gasteiger partial charge in [-0.2, -0.15) is 0 Å². The minimum atomic E-state index is -0.348. The van der Waals surface area contributed by atoms with Gasteiger partial charge in [0, 0.05) is 32.2 Å². The number of rotatable bonds is 4. The van der Waals surface area contributed by atoms with Gasteiger partial charge in [0.1, 0.15) is 11.6 Å². The van der Waals surface area contributed by atoms with Crippen LogP contribution in [0.15, 0.2) is 65.4 Å². The number of urea groups is 1. The maximum absolute atomic E-state index is 12.9. The Hall–Kier alpha value is -3.88. The summed E-state index contributed by atoms with van der Waals surface area (Å²) in [5.74, 6) is 0.551. The molecule has 9 heteroatoms. The molecule has 4 rings (SSSR count). The lowest BCUT2D eigenvalue weighted by Gasteiger charge is -2.34. The molecule has 1 saturated heterocycles. The third kappa shape index (κ3) is 4.57. The number of hydrogen-bond donors (Lipinski definition) is 1. The Morgan fingerprint density at radius 1 is 1.00 bits per heavy atom. The molecular weight excluding hydrogens is 391 g/mol. The van der Waals surface area contributed by atoms with Gasteiger partial charge in [-0.3, -0.25) is 4.79 Å². The molecule has 2 aromatic heterocycles. The second-order valence-corrected chi connectivity index (χ2v) is 6.63. The van der Waals surface area contributed by atoms with Crippen LogP contribution < -0.4 is 10.1 Å². The van der Waals surface area contributed by atoms with Crippen molar-refractivity contribution in [3.8, 4) is 11.6 Å². The number of carbonyl (C=O) groups is 2. The number of ether oxygens (including phenoxy) is 1. The fraction of sp³-hybridized carbons (Fsp3) is 0.190. The molecule has 0 saturated carbocycles. The van der Waals surface area contributed by atoms with Gasteiger partial charge in [-0.15, -0.1) is 0 Å². The highest BCUT2D eigenvalue weighted by Crippen LogP contribution is 2.21. The summed E-state index contributed by atoms with van der Waals surface area (Å²) < 4.78 is 23.6. The van der Waals surface area contributed by atoms with Gasteiger partial charge in [0.15, 0.2) is 5.76 Å². The third-order valence-corrected chi connectivity index (χ3v) is 4.61. The topological polar surface area (TPSA) is 87.9 Å². The predicted molar refractivity (Wildman–Crippen MR) is 106 cm³/mol. The predicted octanol–water partition coefficient (Wildman–Crippen LogP) is 3.60. The molecule has 0 aliphatic carbocycles. The van der Waals surface area contributed by atoms with Crippen LogP contribution in [0.5, 0.6) is 11.6 Å². The number of carbonyl (C=O) groups excluding carboxylic acids is 2. The van der Waals surface area contributed by atoms with Crippen molar-refractivity contribution in [2.75, 3.05) is 31.5 Å². The number of piperazine rings is 1. The number of pyridine rings is 1. The molecule has 3 heterocycles. The summed E-state index contributed by atoms with van der Waals surface area (Å²) in [6.07, 6.45) is 2.94. The van der Waals surface area contributed by atoms with Crippen LogP contribution in [0.2, 0.25) is 0 Å². The lowest BCUT2D eigenvalue weighted by atomic mass is 10.3. The molecule has 0 radical (unpaired) electrons. The van der Waals surface area contributed by atoms with Crippen LogP contribution in [0.25, 0.3) is 0 Å². The van der Waals surface area contributed by atoms with E-state index in [1.165, 1.54) is 36.7 Å². The highest BCUT2D eigenvalue weighted by molar-refractivity contribution is 5.92. The SMILES string of the molecule is O=C(Nc1ccc(Oc2ccc(F)cc2)nc1)N1CCN(C(=O)c2ccco2)CC1. The summed E-state index contributed by atoms with van der Waals surface area (Å²) in [7, 11) is 0. The Morgan fingerprint density at radius 2 is 1.73 bits per heavy atom. The molecule has 1 aliphatic heterocycles. The van der Waals surface area contributed by atoms with E-state index in [0.717, 1.165) is 0 Å². The largest absolute Gasteiger partial charge is 0.459 e. The van der Waals surface area contributed by atoms with Crippen LogP contribution in [0.3, 0.4) is 0 Å². The van der Waals surface area contributed by atoms with E-state index in [9.17, 15) is 14.0 Å². The van der Waals surface area contributed by atoms with E-state index in [1.54, 1.807) is 34.1 Å². The number of anilines is 1. The number of nitrogens with one attached hydrogen (secondary N) is 1. The monoisotopic (exact) mass is 410 g/mol. The fourth-order valence-corrected chi connectivity index (χ4v) is 3.01. The van der Waals surface area contributed by atoms with Crippen molar-refractivity contribution in [3.05, 3.63) is 72.6 Å². The summed E-state index contributed by atoms with van der Waals surface area (Å²) >= 11 is 0. The highest BCUT2D eigenvalue weighted by Gasteiger charge is 2.26. The van der Waals surface area contributed by atoms with Crippen LogP contribution in [-0.4, -0.2) is 52.9 Å². The van der Waals surface area contributed by atoms with E-state index in [4.69, 9.17) is 9.15 Å². The van der Waals surface area contributed by atoms with Gasteiger partial charge >= 0.3 is 6.03 Å². The van der Waals surface area contributed by atoms with Crippen molar-refractivity contribution in [2.24, 2.45) is 0 Å². The first kappa shape index (κ1) is 19.4. The van der Waals surface area contributed by atoms with Gasteiger partial charge in [0.05, 0.1) is 18.1 Å². The summed E-state index contributed by atoms with van der Waals surface area (Å²) in [5.41, 5.74) is 0.514. The minimum Gasteiger partial charge on any atom is -0.459 e. The van der Waals surface area contributed by atoms with Gasteiger partial charge in [0.25, 0.3) is 5.91 Å². The normalized spacial score (nSPS) is 13.8. The van der Waals surface area contributed by atoms with E-state index in [2.05, 4.69) is 10.3 Å². The van der Waals surface area contributed by atoms with Gasteiger partial charge in [-0.1, -0.05) is 0 Å². The average Bonchev–Trinajstić information content (AvgIpc) is 3.31.